The monoisotopic (exact) mass is 404 g/mol. The standard InChI is InChI=1S/C17H16N4O4S2/c1-3-25-16(24)10-4-6-11(7-5-10)19-12(22)8-21-9-18-14-13(15(21)23)27-17(20-14)26-2/h4-7,9H,3,8H2,1-2H3,(H,19,22). The molecule has 0 saturated carbocycles. The molecule has 0 spiro atoms. The van der Waals surface area contributed by atoms with Crippen molar-refractivity contribution in [3.05, 3.63) is 46.5 Å². The second-order valence-electron chi connectivity index (χ2n) is 5.36. The van der Waals surface area contributed by atoms with Gasteiger partial charge in [-0.3, -0.25) is 14.2 Å². The van der Waals surface area contributed by atoms with Gasteiger partial charge in [-0.25, -0.2) is 14.8 Å². The van der Waals surface area contributed by atoms with E-state index in [4.69, 9.17) is 4.74 Å². The van der Waals surface area contributed by atoms with Gasteiger partial charge in [0.25, 0.3) is 5.56 Å². The minimum atomic E-state index is -0.421. The fourth-order valence-electron chi connectivity index (χ4n) is 2.29. The number of nitrogens with one attached hydrogen (secondary N) is 1. The summed E-state index contributed by atoms with van der Waals surface area (Å²) in [6.45, 7) is 1.85. The van der Waals surface area contributed by atoms with Crippen LogP contribution in [0.3, 0.4) is 0 Å². The lowest BCUT2D eigenvalue weighted by Crippen LogP contribution is -2.27. The summed E-state index contributed by atoms with van der Waals surface area (Å²) in [5.74, 6) is -0.799. The molecule has 1 N–H and O–H groups in total. The van der Waals surface area contributed by atoms with Crippen LogP contribution in [0.4, 0.5) is 5.69 Å². The van der Waals surface area contributed by atoms with Crippen LogP contribution in [-0.2, 0) is 16.1 Å². The Labute approximate surface area is 162 Å². The van der Waals surface area contributed by atoms with Gasteiger partial charge in [-0.1, -0.05) is 11.8 Å². The topological polar surface area (TPSA) is 103 Å². The number of carbonyl (C=O) groups excluding carboxylic acids is 2. The molecule has 0 aliphatic carbocycles. The molecule has 0 unspecified atom stereocenters. The number of aromatic nitrogens is 3. The van der Waals surface area contributed by atoms with Crippen LogP contribution in [0.25, 0.3) is 10.3 Å². The van der Waals surface area contributed by atoms with Gasteiger partial charge in [0.2, 0.25) is 5.91 Å². The summed E-state index contributed by atoms with van der Waals surface area (Å²) in [6.07, 6.45) is 3.19. The van der Waals surface area contributed by atoms with E-state index in [1.54, 1.807) is 31.2 Å². The zero-order valence-electron chi connectivity index (χ0n) is 14.6. The Hall–Kier alpha value is -2.72. The Morgan fingerprint density at radius 1 is 1.30 bits per heavy atom. The minimum absolute atomic E-state index is 0.173. The third kappa shape index (κ3) is 4.34. The molecule has 10 heteroatoms. The van der Waals surface area contributed by atoms with E-state index in [9.17, 15) is 14.4 Å². The number of hydrogen-bond donors (Lipinski definition) is 1. The van der Waals surface area contributed by atoms with E-state index in [0.717, 1.165) is 4.34 Å². The first-order valence-corrected chi connectivity index (χ1v) is 10.0. The molecule has 27 heavy (non-hydrogen) atoms. The molecule has 0 aliphatic heterocycles. The van der Waals surface area contributed by atoms with Crippen LogP contribution >= 0.6 is 23.1 Å². The minimum Gasteiger partial charge on any atom is -0.462 e. The van der Waals surface area contributed by atoms with Crippen molar-refractivity contribution in [2.24, 2.45) is 0 Å². The van der Waals surface area contributed by atoms with E-state index < -0.39 is 5.97 Å². The number of hydrogen-bond acceptors (Lipinski definition) is 8. The number of ether oxygens (including phenoxy) is 1. The van der Waals surface area contributed by atoms with Gasteiger partial charge < -0.3 is 10.1 Å². The van der Waals surface area contributed by atoms with Crippen molar-refractivity contribution in [1.82, 2.24) is 14.5 Å². The quantitative estimate of drug-likeness (QED) is 0.497. The first-order valence-electron chi connectivity index (χ1n) is 7.98. The summed E-state index contributed by atoms with van der Waals surface area (Å²) in [5, 5.41) is 2.69. The maximum atomic E-state index is 12.5. The van der Waals surface area contributed by atoms with E-state index in [2.05, 4.69) is 15.3 Å². The largest absolute Gasteiger partial charge is 0.462 e. The van der Waals surface area contributed by atoms with Crippen LogP contribution < -0.4 is 10.9 Å². The van der Waals surface area contributed by atoms with Crippen molar-refractivity contribution in [2.75, 3.05) is 18.2 Å². The molecule has 1 aromatic carbocycles. The molecule has 8 nitrogen and oxygen atoms in total. The molecule has 140 valence electrons. The van der Waals surface area contributed by atoms with Gasteiger partial charge >= 0.3 is 5.97 Å². The number of rotatable bonds is 6. The van der Waals surface area contributed by atoms with Crippen molar-refractivity contribution in [3.63, 3.8) is 0 Å². The summed E-state index contributed by atoms with van der Waals surface area (Å²) in [6, 6.07) is 6.33. The number of esters is 1. The van der Waals surface area contributed by atoms with E-state index in [-0.39, 0.29) is 18.0 Å². The van der Waals surface area contributed by atoms with Crippen molar-refractivity contribution < 1.29 is 14.3 Å². The third-order valence-electron chi connectivity index (χ3n) is 3.53. The van der Waals surface area contributed by atoms with Crippen molar-refractivity contribution in [1.29, 1.82) is 0 Å². The van der Waals surface area contributed by atoms with Crippen LogP contribution in [0.15, 0.2) is 39.7 Å². The average molecular weight is 404 g/mol. The van der Waals surface area contributed by atoms with Gasteiger partial charge in [0, 0.05) is 5.69 Å². The summed E-state index contributed by atoms with van der Waals surface area (Å²) in [7, 11) is 0. The summed E-state index contributed by atoms with van der Waals surface area (Å²) < 4.78 is 7.33. The lowest BCUT2D eigenvalue weighted by molar-refractivity contribution is -0.116. The predicted octanol–water partition coefficient (Wildman–Crippen LogP) is 2.39. The van der Waals surface area contributed by atoms with Gasteiger partial charge in [0.05, 0.1) is 12.2 Å². The number of nitrogens with zero attached hydrogens (tertiary/aromatic N) is 3. The molecule has 3 rings (SSSR count). The Kier molecular flexibility index (Phi) is 5.87. The highest BCUT2D eigenvalue weighted by atomic mass is 32.2. The normalized spacial score (nSPS) is 10.7. The van der Waals surface area contributed by atoms with Crippen LogP contribution in [0.1, 0.15) is 17.3 Å². The molecule has 2 heterocycles. The molecular formula is C17H16N4O4S2. The van der Waals surface area contributed by atoms with Crippen LogP contribution in [0.5, 0.6) is 0 Å². The third-order valence-corrected chi connectivity index (χ3v) is 5.55. The first kappa shape index (κ1) is 19.1. The molecule has 0 saturated heterocycles. The molecule has 0 fully saturated rings. The van der Waals surface area contributed by atoms with Gasteiger partial charge in [-0.15, -0.1) is 11.3 Å². The number of benzene rings is 1. The maximum absolute atomic E-state index is 12.5. The Morgan fingerprint density at radius 3 is 2.70 bits per heavy atom. The molecule has 0 atom stereocenters. The number of anilines is 1. The van der Waals surface area contributed by atoms with Crippen molar-refractivity contribution >= 4 is 51.0 Å². The molecular weight excluding hydrogens is 388 g/mol. The predicted molar refractivity (Wildman–Crippen MR) is 104 cm³/mol. The smallest absolute Gasteiger partial charge is 0.338 e. The van der Waals surface area contributed by atoms with Gasteiger partial charge in [-0.2, -0.15) is 0 Å². The summed E-state index contributed by atoms with van der Waals surface area (Å²) >= 11 is 2.70. The molecule has 0 aliphatic rings. The highest BCUT2D eigenvalue weighted by molar-refractivity contribution is 8.00. The Balaban J connectivity index is 1.70. The first-order chi connectivity index (χ1) is 13.0. The van der Waals surface area contributed by atoms with Gasteiger partial charge in [-0.05, 0) is 37.4 Å². The fraction of sp³-hybridized carbons (Fsp3) is 0.235. The summed E-state index contributed by atoms with van der Waals surface area (Å²) in [4.78, 5) is 44.7. The van der Waals surface area contributed by atoms with E-state index in [1.807, 2.05) is 6.26 Å². The molecule has 3 aromatic rings. The lowest BCUT2D eigenvalue weighted by Gasteiger charge is -2.08. The van der Waals surface area contributed by atoms with Gasteiger partial charge in [0.1, 0.15) is 17.6 Å². The lowest BCUT2D eigenvalue weighted by atomic mass is 10.2. The SMILES string of the molecule is CCOC(=O)c1ccc(NC(=O)Cn2cnc3nc(SC)sc3c2=O)cc1. The van der Waals surface area contributed by atoms with Crippen LogP contribution in [0, 0.1) is 0 Å². The number of amides is 1. The molecule has 0 radical (unpaired) electrons. The Bertz CT molecular complexity index is 1040. The number of fused-ring (bicyclic) bond motifs is 1. The second-order valence-corrected chi connectivity index (χ2v) is 7.41. The maximum Gasteiger partial charge on any atom is 0.338 e. The Morgan fingerprint density at radius 2 is 2.04 bits per heavy atom. The van der Waals surface area contributed by atoms with Crippen LogP contribution in [0.2, 0.25) is 0 Å². The van der Waals surface area contributed by atoms with E-state index in [1.165, 1.54) is 34.0 Å². The molecule has 0 bridgehead atoms. The number of thioether (sulfide) groups is 1. The molecule has 2 aromatic heterocycles. The second kappa shape index (κ2) is 8.31. The van der Waals surface area contributed by atoms with Crippen molar-refractivity contribution in [3.8, 4) is 0 Å². The number of carbonyl (C=O) groups is 2. The van der Waals surface area contributed by atoms with E-state index in [0.29, 0.717) is 28.2 Å². The summed E-state index contributed by atoms with van der Waals surface area (Å²) in [5.41, 5.74) is 0.999. The molecule has 1 amide bonds. The zero-order chi connectivity index (χ0) is 19.4. The highest BCUT2D eigenvalue weighted by Gasteiger charge is 2.13. The zero-order valence-corrected chi connectivity index (χ0v) is 16.2. The van der Waals surface area contributed by atoms with Crippen molar-refractivity contribution in [2.45, 2.75) is 17.8 Å². The number of thiazole rings is 1. The highest BCUT2D eigenvalue weighted by Crippen LogP contribution is 2.24. The average Bonchev–Trinajstić information content (AvgIpc) is 3.09. The van der Waals surface area contributed by atoms with Crippen LogP contribution in [-0.4, -0.2) is 39.3 Å². The van der Waals surface area contributed by atoms with E-state index >= 15 is 0 Å². The fourth-order valence-corrected chi connectivity index (χ4v) is 3.75. The van der Waals surface area contributed by atoms with Gasteiger partial charge in [0.15, 0.2) is 9.99 Å².